The number of hydrogen-bond donors (Lipinski definition) is 1. The highest BCUT2D eigenvalue weighted by molar-refractivity contribution is 7.89. The molecule has 11 heteroatoms. The first-order chi connectivity index (χ1) is 18.5. The van der Waals surface area contributed by atoms with Crippen LogP contribution in [0, 0.1) is 11.7 Å². The number of pyridine rings is 1. The molecule has 3 aromatic rings. The lowest BCUT2D eigenvalue weighted by atomic mass is 9.99. The third-order valence-corrected chi connectivity index (χ3v) is 8.71. The summed E-state index contributed by atoms with van der Waals surface area (Å²) < 4.78 is 52.6. The summed E-state index contributed by atoms with van der Waals surface area (Å²) in [6.45, 7) is 3.47. The number of methoxy groups -OCH3 is 1. The molecular weight excluding hydrogens is 525 g/mol. The van der Waals surface area contributed by atoms with Gasteiger partial charge in [0.25, 0.3) is 5.91 Å². The average molecular weight is 558 g/mol. The maximum atomic E-state index is 13.7. The lowest BCUT2D eigenvalue weighted by Gasteiger charge is -2.37. The first kappa shape index (κ1) is 28.5. The minimum absolute atomic E-state index is 0.0699. The van der Waals surface area contributed by atoms with E-state index in [0.717, 1.165) is 15.9 Å². The van der Waals surface area contributed by atoms with Crippen LogP contribution in [-0.2, 0) is 10.0 Å². The number of carbonyl (C=O) groups excluding carboxylic acids is 1. The van der Waals surface area contributed by atoms with Crippen molar-refractivity contribution in [1.82, 2.24) is 14.2 Å². The van der Waals surface area contributed by atoms with Crippen molar-refractivity contribution in [1.29, 1.82) is 0 Å². The van der Waals surface area contributed by atoms with Gasteiger partial charge in [0.1, 0.15) is 23.2 Å². The number of likely N-dealkylation sites (N-methyl/N-ethyl adjacent to an activating group) is 1. The van der Waals surface area contributed by atoms with Crippen molar-refractivity contribution in [3.05, 3.63) is 72.2 Å². The Balaban J connectivity index is 1.70. The zero-order chi connectivity index (χ0) is 28.3. The van der Waals surface area contributed by atoms with E-state index >= 15 is 0 Å². The fourth-order valence-corrected chi connectivity index (χ4v) is 5.64. The Morgan fingerprint density at radius 2 is 1.92 bits per heavy atom. The van der Waals surface area contributed by atoms with Gasteiger partial charge >= 0.3 is 0 Å². The van der Waals surface area contributed by atoms with Crippen LogP contribution in [0.25, 0.3) is 11.1 Å². The number of aliphatic hydroxyl groups is 1. The molecule has 0 unspecified atom stereocenters. The highest BCUT2D eigenvalue weighted by Gasteiger charge is 2.36. The molecule has 0 saturated carbocycles. The molecular formula is C28H32FN3O6S. The Bertz CT molecular complexity index is 1430. The molecule has 3 atom stereocenters. The number of ether oxygens (including phenoxy) is 2. The molecule has 39 heavy (non-hydrogen) atoms. The van der Waals surface area contributed by atoms with Crippen LogP contribution in [-0.4, -0.2) is 79.6 Å². The summed E-state index contributed by atoms with van der Waals surface area (Å²) >= 11 is 0. The Morgan fingerprint density at radius 1 is 1.21 bits per heavy atom. The van der Waals surface area contributed by atoms with Gasteiger partial charge in [-0.05, 0) is 48.9 Å². The maximum absolute atomic E-state index is 13.7. The molecule has 1 aromatic heterocycles. The summed E-state index contributed by atoms with van der Waals surface area (Å²) in [4.78, 5) is 19.5. The summed E-state index contributed by atoms with van der Waals surface area (Å²) in [5, 5.41) is 9.88. The largest absolute Gasteiger partial charge is 0.497 e. The SMILES string of the molecule is COc1ccc(-c2cnc3c(c2)C(=O)N([C@H](C)CO)C[C@H](C)[C@H](CN(C)S(=O)(=O)c2cccc(F)c2)O3)cc1. The summed E-state index contributed by atoms with van der Waals surface area (Å²) in [6.07, 6.45) is 0.891. The van der Waals surface area contributed by atoms with Crippen LogP contribution in [0.1, 0.15) is 24.2 Å². The van der Waals surface area contributed by atoms with Gasteiger partial charge in [0.05, 0.1) is 31.2 Å². The highest BCUT2D eigenvalue weighted by atomic mass is 32.2. The molecule has 0 aliphatic carbocycles. The number of halogens is 1. The van der Waals surface area contributed by atoms with E-state index in [1.54, 1.807) is 43.3 Å². The van der Waals surface area contributed by atoms with Gasteiger partial charge in [0.15, 0.2) is 0 Å². The van der Waals surface area contributed by atoms with Crippen molar-refractivity contribution in [3.63, 3.8) is 0 Å². The van der Waals surface area contributed by atoms with Crippen LogP contribution in [0.5, 0.6) is 11.6 Å². The second kappa shape index (κ2) is 11.7. The minimum Gasteiger partial charge on any atom is -0.497 e. The first-order valence-corrected chi connectivity index (χ1v) is 13.9. The van der Waals surface area contributed by atoms with E-state index in [-0.39, 0.29) is 47.9 Å². The van der Waals surface area contributed by atoms with Gasteiger partial charge in [-0.25, -0.2) is 17.8 Å². The van der Waals surface area contributed by atoms with E-state index in [1.807, 2.05) is 19.1 Å². The van der Waals surface area contributed by atoms with Crippen LogP contribution < -0.4 is 9.47 Å². The van der Waals surface area contributed by atoms with Gasteiger partial charge in [-0.3, -0.25) is 4.79 Å². The predicted octanol–water partition coefficient (Wildman–Crippen LogP) is 3.44. The molecule has 208 valence electrons. The van der Waals surface area contributed by atoms with Crippen LogP contribution >= 0.6 is 0 Å². The van der Waals surface area contributed by atoms with Crippen molar-refractivity contribution >= 4 is 15.9 Å². The number of aliphatic hydroxyl groups excluding tert-OH is 1. The van der Waals surface area contributed by atoms with Gasteiger partial charge < -0.3 is 19.5 Å². The Hall–Kier alpha value is -3.54. The van der Waals surface area contributed by atoms with Crippen molar-refractivity contribution in [2.45, 2.75) is 30.9 Å². The van der Waals surface area contributed by atoms with Gasteiger partial charge in [-0.1, -0.05) is 25.1 Å². The maximum Gasteiger partial charge on any atom is 0.259 e. The van der Waals surface area contributed by atoms with Gasteiger partial charge in [-0.2, -0.15) is 4.31 Å². The summed E-state index contributed by atoms with van der Waals surface area (Å²) in [5.41, 5.74) is 1.70. The number of fused-ring (bicyclic) bond motifs is 1. The molecule has 4 rings (SSSR count). The van der Waals surface area contributed by atoms with Gasteiger partial charge in [0.2, 0.25) is 15.9 Å². The van der Waals surface area contributed by atoms with Crippen molar-refractivity contribution < 1.29 is 32.2 Å². The molecule has 0 saturated heterocycles. The Kier molecular flexibility index (Phi) is 8.53. The fourth-order valence-electron chi connectivity index (χ4n) is 4.42. The van der Waals surface area contributed by atoms with Crippen LogP contribution in [0.2, 0.25) is 0 Å². The third kappa shape index (κ3) is 6.05. The molecule has 1 aliphatic rings. The number of rotatable bonds is 8. The zero-order valence-corrected chi connectivity index (χ0v) is 23.1. The molecule has 0 fully saturated rings. The number of sulfonamides is 1. The number of benzene rings is 2. The number of aromatic nitrogens is 1. The molecule has 0 radical (unpaired) electrons. The lowest BCUT2D eigenvalue weighted by Crippen LogP contribution is -2.50. The van der Waals surface area contributed by atoms with Crippen molar-refractivity contribution in [2.24, 2.45) is 5.92 Å². The molecule has 2 aromatic carbocycles. The smallest absolute Gasteiger partial charge is 0.259 e. The van der Waals surface area contributed by atoms with Crippen molar-refractivity contribution in [3.8, 4) is 22.8 Å². The van der Waals surface area contributed by atoms with Gasteiger partial charge in [-0.15, -0.1) is 0 Å². The monoisotopic (exact) mass is 557 g/mol. The van der Waals surface area contributed by atoms with E-state index in [4.69, 9.17) is 9.47 Å². The Labute approximate surface area is 227 Å². The molecule has 1 amide bonds. The highest BCUT2D eigenvalue weighted by Crippen LogP contribution is 2.31. The molecule has 2 heterocycles. The molecule has 1 aliphatic heterocycles. The average Bonchev–Trinajstić information content (AvgIpc) is 2.94. The standard InChI is InChI=1S/C28H32FN3O6S/c1-18-15-32(19(2)17-33)28(34)25-12-21(20-8-10-23(37-4)11-9-20)14-30-27(25)38-26(18)16-31(3)39(35,36)24-7-5-6-22(29)13-24/h5-14,18-19,26,33H,15-17H2,1-4H3/t18-,19+,26-/m0/s1. The van der Waals surface area contributed by atoms with Crippen LogP contribution in [0.15, 0.2) is 65.7 Å². The lowest BCUT2D eigenvalue weighted by molar-refractivity contribution is 0.0373. The third-order valence-electron chi connectivity index (χ3n) is 6.89. The Morgan fingerprint density at radius 3 is 2.56 bits per heavy atom. The van der Waals surface area contributed by atoms with E-state index in [2.05, 4.69) is 4.98 Å². The zero-order valence-electron chi connectivity index (χ0n) is 22.2. The van der Waals surface area contributed by atoms with E-state index in [0.29, 0.717) is 11.3 Å². The van der Waals surface area contributed by atoms with Gasteiger partial charge in [0, 0.05) is 31.3 Å². The molecule has 0 spiro atoms. The molecule has 0 bridgehead atoms. The van der Waals surface area contributed by atoms with E-state index in [1.165, 1.54) is 25.2 Å². The molecule has 1 N–H and O–H groups in total. The number of carbonyl (C=O) groups is 1. The molecule has 9 nitrogen and oxygen atoms in total. The number of hydrogen-bond acceptors (Lipinski definition) is 7. The minimum atomic E-state index is -4.01. The second-order valence-electron chi connectivity index (χ2n) is 9.67. The van der Waals surface area contributed by atoms with E-state index < -0.39 is 28.0 Å². The van der Waals surface area contributed by atoms with Crippen LogP contribution in [0.3, 0.4) is 0 Å². The first-order valence-electron chi connectivity index (χ1n) is 12.5. The normalized spacial score (nSPS) is 18.6. The summed E-state index contributed by atoms with van der Waals surface area (Å²) in [7, 11) is -1.04. The summed E-state index contributed by atoms with van der Waals surface area (Å²) in [5.74, 6) is -0.572. The second-order valence-corrected chi connectivity index (χ2v) is 11.7. The number of nitrogens with zero attached hydrogens (tertiary/aromatic N) is 3. The fraction of sp³-hybridized carbons (Fsp3) is 0.357. The number of amides is 1. The summed E-state index contributed by atoms with van der Waals surface area (Å²) in [6, 6.07) is 13.3. The van der Waals surface area contributed by atoms with E-state index in [9.17, 15) is 22.7 Å². The quantitative estimate of drug-likeness (QED) is 0.452. The van der Waals surface area contributed by atoms with Crippen molar-refractivity contribution in [2.75, 3.05) is 33.9 Å². The predicted molar refractivity (Wildman–Crippen MR) is 144 cm³/mol. The van der Waals surface area contributed by atoms with Crippen LogP contribution in [0.4, 0.5) is 4.39 Å². The topological polar surface area (TPSA) is 109 Å².